The lowest BCUT2D eigenvalue weighted by Gasteiger charge is -2.17. The van der Waals surface area contributed by atoms with Crippen LogP contribution in [0.3, 0.4) is 0 Å². The van der Waals surface area contributed by atoms with E-state index in [4.69, 9.17) is 9.47 Å². The minimum atomic E-state index is -0.178. The van der Waals surface area contributed by atoms with Crippen LogP contribution in [0.2, 0.25) is 0 Å². The van der Waals surface area contributed by atoms with E-state index in [2.05, 4.69) is 5.32 Å². The van der Waals surface area contributed by atoms with Crippen LogP contribution in [0.15, 0.2) is 42.5 Å². The van der Waals surface area contributed by atoms with Gasteiger partial charge >= 0.3 is 0 Å². The van der Waals surface area contributed by atoms with E-state index in [0.717, 1.165) is 11.4 Å². The number of fused-ring (bicyclic) bond motifs is 1. The van der Waals surface area contributed by atoms with Crippen LogP contribution in [-0.4, -0.2) is 26.8 Å². The Kier molecular flexibility index (Phi) is 3.39. The number of carbonyl (C=O) groups is 1. The predicted octanol–water partition coefficient (Wildman–Crippen LogP) is 2.73. The molecule has 0 saturated heterocycles. The molecule has 5 nitrogen and oxygen atoms in total. The number of hydrogen-bond donors (Lipinski definition) is 1. The molecule has 0 aliphatic carbocycles. The molecule has 0 radical (unpaired) electrons. The van der Waals surface area contributed by atoms with Gasteiger partial charge in [0.25, 0.3) is 5.91 Å². The van der Waals surface area contributed by atoms with Gasteiger partial charge in [0.15, 0.2) is 11.5 Å². The predicted molar refractivity (Wildman–Crippen MR) is 81.3 cm³/mol. The molecule has 1 N–H and O–H groups in total. The molecule has 1 aliphatic heterocycles. The molecule has 108 valence electrons. The molecule has 0 saturated carbocycles. The fourth-order valence-electron chi connectivity index (χ4n) is 2.20. The summed E-state index contributed by atoms with van der Waals surface area (Å²) in [5, 5.41) is 2.92. The van der Waals surface area contributed by atoms with Gasteiger partial charge < -0.3 is 19.7 Å². The van der Waals surface area contributed by atoms with Gasteiger partial charge in [0, 0.05) is 19.7 Å². The molecule has 1 aliphatic rings. The highest BCUT2D eigenvalue weighted by Gasteiger charge is 2.17. The molecule has 2 aromatic rings. The highest BCUT2D eigenvalue weighted by atomic mass is 16.7. The monoisotopic (exact) mass is 284 g/mol. The van der Waals surface area contributed by atoms with Crippen molar-refractivity contribution in [2.24, 2.45) is 0 Å². The third-order valence-corrected chi connectivity index (χ3v) is 3.27. The van der Waals surface area contributed by atoms with E-state index in [1.165, 1.54) is 0 Å². The SMILES string of the molecule is CN(C)c1ccccc1NC(=O)c1ccc2c(c1)OCO2. The summed E-state index contributed by atoms with van der Waals surface area (Å²) in [6.07, 6.45) is 0. The van der Waals surface area contributed by atoms with E-state index >= 15 is 0 Å². The summed E-state index contributed by atoms with van der Waals surface area (Å²) in [6.45, 7) is 0.198. The maximum Gasteiger partial charge on any atom is 0.255 e. The normalized spacial score (nSPS) is 12.1. The molecule has 0 spiro atoms. The average molecular weight is 284 g/mol. The Morgan fingerprint density at radius 3 is 2.67 bits per heavy atom. The molecule has 0 atom stereocenters. The summed E-state index contributed by atoms with van der Waals surface area (Å²) in [5.41, 5.74) is 2.25. The van der Waals surface area contributed by atoms with E-state index in [1.54, 1.807) is 18.2 Å². The van der Waals surface area contributed by atoms with Crippen LogP contribution in [0.25, 0.3) is 0 Å². The lowest BCUT2D eigenvalue weighted by Crippen LogP contribution is -2.16. The fraction of sp³-hybridized carbons (Fsp3) is 0.188. The van der Waals surface area contributed by atoms with E-state index in [0.29, 0.717) is 17.1 Å². The Morgan fingerprint density at radius 2 is 1.86 bits per heavy atom. The van der Waals surface area contributed by atoms with Crippen LogP contribution >= 0.6 is 0 Å². The van der Waals surface area contributed by atoms with Gasteiger partial charge in [0.1, 0.15) is 0 Å². The number of amides is 1. The van der Waals surface area contributed by atoms with Crippen molar-refractivity contribution >= 4 is 17.3 Å². The Balaban J connectivity index is 1.84. The molecule has 0 unspecified atom stereocenters. The van der Waals surface area contributed by atoms with Gasteiger partial charge in [-0.05, 0) is 30.3 Å². The number of nitrogens with one attached hydrogen (secondary N) is 1. The number of nitrogens with zero attached hydrogens (tertiary/aromatic N) is 1. The smallest absolute Gasteiger partial charge is 0.255 e. The Bertz CT molecular complexity index is 683. The standard InChI is InChI=1S/C16H16N2O3/c1-18(2)13-6-4-3-5-12(13)17-16(19)11-7-8-14-15(9-11)21-10-20-14/h3-9H,10H2,1-2H3,(H,17,19). The first-order chi connectivity index (χ1) is 10.1. The number of rotatable bonds is 3. The highest BCUT2D eigenvalue weighted by molar-refractivity contribution is 6.06. The van der Waals surface area contributed by atoms with Gasteiger partial charge in [-0.3, -0.25) is 4.79 Å². The van der Waals surface area contributed by atoms with Gasteiger partial charge in [-0.2, -0.15) is 0 Å². The van der Waals surface area contributed by atoms with Crippen LogP contribution in [0.5, 0.6) is 11.5 Å². The molecule has 5 heteroatoms. The van der Waals surface area contributed by atoms with Crippen molar-refractivity contribution in [2.75, 3.05) is 31.1 Å². The second-order valence-corrected chi connectivity index (χ2v) is 4.93. The lowest BCUT2D eigenvalue weighted by molar-refractivity contribution is 0.102. The van der Waals surface area contributed by atoms with Gasteiger partial charge in [0.05, 0.1) is 11.4 Å². The number of hydrogen-bond acceptors (Lipinski definition) is 4. The van der Waals surface area contributed by atoms with Crippen molar-refractivity contribution in [1.29, 1.82) is 0 Å². The molecule has 0 fully saturated rings. The van der Waals surface area contributed by atoms with Crippen LogP contribution in [0.1, 0.15) is 10.4 Å². The minimum absolute atomic E-state index is 0.178. The van der Waals surface area contributed by atoms with Gasteiger partial charge in [-0.1, -0.05) is 12.1 Å². The van der Waals surface area contributed by atoms with Crippen LogP contribution in [-0.2, 0) is 0 Å². The second-order valence-electron chi connectivity index (χ2n) is 4.93. The van der Waals surface area contributed by atoms with Gasteiger partial charge in [-0.15, -0.1) is 0 Å². The van der Waals surface area contributed by atoms with E-state index in [1.807, 2.05) is 43.3 Å². The quantitative estimate of drug-likeness (QED) is 0.941. The van der Waals surface area contributed by atoms with Crippen LogP contribution in [0, 0.1) is 0 Å². The second kappa shape index (κ2) is 5.36. The number of ether oxygens (including phenoxy) is 2. The molecule has 21 heavy (non-hydrogen) atoms. The lowest BCUT2D eigenvalue weighted by atomic mass is 10.1. The summed E-state index contributed by atoms with van der Waals surface area (Å²) in [7, 11) is 3.87. The summed E-state index contributed by atoms with van der Waals surface area (Å²) in [4.78, 5) is 14.3. The first-order valence-electron chi connectivity index (χ1n) is 6.62. The number of benzene rings is 2. The van der Waals surface area contributed by atoms with Crippen molar-refractivity contribution in [3.8, 4) is 11.5 Å². The molecule has 0 aromatic heterocycles. The number of anilines is 2. The summed E-state index contributed by atoms with van der Waals surface area (Å²) in [5.74, 6) is 1.09. The van der Waals surface area contributed by atoms with E-state index < -0.39 is 0 Å². The van der Waals surface area contributed by atoms with E-state index in [-0.39, 0.29) is 12.7 Å². The third-order valence-electron chi connectivity index (χ3n) is 3.27. The number of carbonyl (C=O) groups excluding carboxylic acids is 1. The Hall–Kier alpha value is -2.69. The maximum atomic E-state index is 12.4. The average Bonchev–Trinajstić information content (AvgIpc) is 2.94. The summed E-state index contributed by atoms with van der Waals surface area (Å²) < 4.78 is 10.5. The zero-order chi connectivity index (χ0) is 14.8. The molecule has 1 heterocycles. The first kappa shape index (κ1) is 13.3. The van der Waals surface area contributed by atoms with Gasteiger partial charge in [-0.25, -0.2) is 0 Å². The number of para-hydroxylation sites is 2. The minimum Gasteiger partial charge on any atom is -0.454 e. The van der Waals surface area contributed by atoms with Crippen molar-refractivity contribution in [3.63, 3.8) is 0 Å². The molecule has 1 amide bonds. The van der Waals surface area contributed by atoms with Crippen molar-refractivity contribution in [3.05, 3.63) is 48.0 Å². The molecular formula is C16H16N2O3. The largest absolute Gasteiger partial charge is 0.454 e. The molecule has 0 bridgehead atoms. The molecule has 2 aromatic carbocycles. The van der Waals surface area contributed by atoms with E-state index in [9.17, 15) is 4.79 Å². The topological polar surface area (TPSA) is 50.8 Å². The fourth-order valence-corrected chi connectivity index (χ4v) is 2.20. The Morgan fingerprint density at radius 1 is 1.10 bits per heavy atom. The molecular weight excluding hydrogens is 268 g/mol. The van der Waals surface area contributed by atoms with Crippen molar-refractivity contribution in [2.45, 2.75) is 0 Å². The zero-order valence-corrected chi connectivity index (χ0v) is 11.9. The van der Waals surface area contributed by atoms with Gasteiger partial charge in [0.2, 0.25) is 6.79 Å². The summed E-state index contributed by atoms with van der Waals surface area (Å²) >= 11 is 0. The Labute approximate surface area is 123 Å². The zero-order valence-electron chi connectivity index (χ0n) is 11.9. The summed E-state index contributed by atoms with van der Waals surface area (Å²) in [6, 6.07) is 12.8. The molecule has 3 rings (SSSR count). The third kappa shape index (κ3) is 2.63. The highest BCUT2D eigenvalue weighted by Crippen LogP contribution is 2.33. The van der Waals surface area contributed by atoms with Crippen molar-refractivity contribution in [1.82, 2.24) is 0 Å². The van der Waals surface area contributed by atoms with Crippen LogP contribution in [0.4, 0.5) is 11.4 Å². The first-order valence-corrected chi connectivity index (χ1v) is 6.62. The van der Waals surface area contributed by atoms with Crippen molar-refractivity contribution < 1.29 is 14.3 Å². The maximum absolute atomic E-state index is 12.4. The van der Waals surface area contributed by atoms with Crippen LogP contribution < -0.4 is 19.7 Å².